The first kappa shape index (κ1) is 26.3. The number of carbonyl (C=O) groups excluding carboxylic acids is 2. The van der Waals surface area contributed by atoms with Crippen LogP contribution in [0.2, 0.25) is 0 Å². The number of aromatic nitrogens is 1. The van der Waals surface area contributed by atoms with Crippen LogP contribution in [0.1, 0.15) is 54.9 Å². The van der Waals surface area contributed by atoms with Gasteiger partial charge in [-0.25, -0.2) is 9.59 Å². The van der Waals surface area contributed by atoms with Crippen molar-refractivity contribution in [1.82, 2.24) is 14.8 Å². The van der Waals surface area contributed by atoms with E-state index in [1.807, 2.05) is 54.5 Å². The van der Waals surface area contributed by atoms with Crippen molar-refractivity contribution in [2.45, 2.75) is 71.7 Å². The zero-order valence-electron chi connectivity index (χ0n) is 21.6. The highest BCUT2D eigenvalue weighted by atomic mass is 16.7. The molecule has 0 radical (unpaired) electrons. The Hall–Kier alpha value is -2.30. The van der Waals surface area contributed by atoms with Crippen molar-refractivity contribution in [2.24, 2.45) is 0 Å². The molecular weight excluding hydrogens is 435 g/mol. The minimum atomic E-state index is -0.553. The summed E-state index contributed by atoms with van der Waals surface area (Å²) in [7, 11) is -0.553. The van der Waals surface area contributed by atoms with Gasteiger partial charge in [-0.3, -0.25) is 9.88 Å². The van der Waals surface area contributed by atoms with Gasteiger partial charge in [0.05, 0.1) is 23.8 Å². The molecule has 0 N–H and O–H groups in total. The molecule has 2 aliphatic rings. The predicted octanol–water partition coefficient (Wildman–Crippen LogP) is 2.19. The van der Waals surface area contributed by atoms with Gasteiger partial charge in [-0.15, -0.1) is 4.58 Å². The average molecular weight is 473 g/mol. The fourth-order valence-electron chi connectivity index (χ4n) is 3.71. The molecule has 0 spiro atoms. The van der Waals surface area contributed by atoms with Crippen LogP contribution in [-0.2, 0) is 18.8 Å². The molecule has 0 aromatic carbocycles. The second kappa shape index (κ2) is 9.75. The van der Waals surface area contributed by atoms with Gasteiger partial charge < -0.3 is 18.9 Å². The van der Waals surface area contributed by atoms with Crippen LogP contribution < -0.4 is 5.46 Å². The molecule has 1 aromatic rings. The number of carbonyl (C=O) groups is 2. The van der Waals surface area contributed by atoms with Gasteiger partial charge in [-0.05, 0) is 48.5 Å². The van der Waals surface area contributed by atoms with Crippen molar-refractivity contribution >= 4 is 37.0 Å². The lowest BCUT2D eigenvalue weighted by atomic mass is 9.80. The van der Waals surface area contributed by atoms with Crippen LogP contribution in [0.15, 0.2) is 18.5 Å². The van der Waals surface area contributed by atoms with E-state index in [4.69, 9.17) is 14.0 Å². The summed E-state index contributed by atoms with van der Waals surface area (Å²) in [5.41, 5.74) is -0.0856. The Morgan fingerprint density at radius 3 is 2.26 bits per heavy atom. The monoisotopic (exact) mass is 473 g/mol. The Labute approximate surface area is 203 Å². The third-order valence-corrected chi connectivity index (χ3v) is 6.55. The Kier molecular flexibility index (Phi) is 7.55. The molecule has 0 bridgehead atoms. The minimum absolute atomic E-state index is 0.109. The zero-order chi connectivity index (χ0) is 25.3. The highest BCUT2D eigenvalue weighted by molar-refractivity contribution is 6.62. The van der Waals surface area contributed by atoms with Crippen LogP contribution in [0.3, 0.4) is 0 Å². The number of rotatable bonds is 5. The van der Waals surface area contributed by atoms with Crippen molar-refractivity contribution in [1.29, 1.82) is 0 Å². The summed E-state index contributed by atoms with van der Waals surface area (Å²) >= 11 is 0. The fourth-order valence-corrected chi connectivity index (χ4v) is 3.71. The van der Waals surface area contributed by atoms with Crippen LogP contribution in [0.4, 0.5) is 10.5 Å². The zero-order valence-corrected chi connectivity index (χ0v) is 21.6. The van der Waals surface area contributed by atoms with E-state index in [1.165, 1.54) is 4.58 Å². The highest BCUT2D eigenvalue weighted by Crippen LogP contribution is 2.36. The number of piperazine rings is 1. The predicted molar refractivity (Wildman–Crippen MR) is 131 cm³/mol. The smallest absolute Gasteiger partial charge is 0.444 e. The van der Waals surface area contributed by atoms with E-state index in [2.05, 4.69) is 16.6 Å². The molecule has 186 valence electrons. The molecule has 2 saturated heterocycles. The first-order valence-corrected chi connectivity index (χ1v) is 11.8. The van der Waals surface area contributed by atoms with E-state index in [-0.39, 0.29) is 12.0 Å². The van der Waals surface area contributed by atoms with Gasteiger partial charge in [0.15, 0.2) is 0 Å². The Morgan fingerprint density at radius 1 is 1.12 bits per heavy atom. The van der Waals surface area contributed by atoms with Crippen LogP contribution in [0.25, 0.3) is 0 Å². The van der Waals surface area contributed by atoms with Crippen molar-refractivity contribution in [3.05, 3.63) is 18.5 Å². The number of hydrogen-bond donors (Lipinski definition) is 0. The summed E-state index contributed by atoms with van der Waals surface area (Å²) in [5.74, 6) is -0.109. The summed E-state index contributed by atoms with van der Waals surface area (Å²) in [6.07, 6.45) is 3.32. The van der Waals surface area contributed by atoms with E-state index in [9.17, 15) is 9.59 Å². The SMILES string of the molecule is C=[N+](C(=O)CCN1CCN(C(=O)OC(C)(C)C)CC1)c1cncc(B2OC(C)(C)C(C)(C)O2)c1. The van der Waals surface area contributed by atoms with E-state index >= 15 is 0 Å². The standard InChI is InChI=1S/C24H38BN4O5/c1-22(2,3)32-21(31)29-13-11-28(12-14-29)10-9-20(30)27(8)19-15-18(16-26-17-19)25-33-23(4,5)24(6,7)34-25/h15-17H,8-14H2,1-7H3/q+1. The summed E-state index contributed by atoms with van der Waals surface area (Å²) in [5, 5.41) is 0. The maximum absolute atomic E-state index is 12.8. The lowest BCUT2D eigenvalue weighted by Gasteiger charge is -2.35. The Balaban J connectivity index is 1.51. The molecule has 3 rings (SSSR count). The van der Waals surface area contributed by atoms with Gasteiger partial charge in [0, 0.05) is 50.4 Å². The maximum Gasteiger partial charge on any atom is 0.496 e. The van der Waals surface area contributed by atoms with Crippen LogP contribution in [0.5, 0.6) is 0 Å². The fraction of sp³-hybridized carbons (Fsp3) is 0.667. The van der Waals surface area contributed by atoms with E-state index < -0.39 is 23.9 Å². The molecule has 0 atom stereocenters. The number of pyridine rings is 1. The van der Waals surface area contributed by atoms with Gasteiger partial charge in [0.1, 0.15) is 12.3 Å². The number of amides is 2. The minimum Gasteiger partial charge on any atom is -0.444 e. The largest absolute Gasteiger partial charge is 0.496 e. The molecule has 0 saturated carbocycles. The maximum atomic E-state index is 12.8. The first-order valence-electron chi connectivity index (χ1n) is 11.8. The third kappa shape index (κ3) is 6.22. The Bertz CT molecular complexity index is 920. The normalized spacial score (nSPS) is 20.3. The van der Waals surface area contributed by atoms with E-state index in [0.717, 1.165) is 5.46 Å². The summed E-state index contributed by atoms with van der Waals surface area (Å²) in [4.78, 5) is 33.2. The number of hydrogen-bond acceptors (Lipinski definition) is 7. The molecule has 0 unspecified atom stereocenters. The van der Waals surface area contributed by atoms with Crippen LogP contribution in [0, 0.1) is 0 Å². The van der Waals surface area contributed by atoms with Gasteiger partial charge >= 0.3 is 19.1 Å². The van der Waals surface area contributed by atoms with E-state index in [0.29, 0.717) is 44.8 Å². The van der Waals surface area contributed by atoms with E-state index in [1.54, 1.807) is 17.3 Å². The molecule has 2 aliphatic heterocycles. The van der Waals surface area contributed by atoms with Crippen molar-refractivity contribution < 1.29 is 28.2 Å². The van der Waals surface area contributed by atoms with Gasteiger partial charge in [-0.1, -0.05) is 0 Å². The van der Waals surface area contributed by atoms with Crippen molar-refractivity contribution in [3.8, 4) is 0 Å². The molecule has 2 fully saturated rings. The van der Waals surface area contributed by atoms with Crippen LogP contribution in [-0.4, -0.2) is 94.7 Å². The van der Waals surface area contributed by atoms with Crippen molar-refractivity contribution in [2.75, 3.05) is 32.7 Å². The number of nitrogens with zero attached hydrogens (tertiary/aromatic N) is 4. The molecule has 0 aliphatic carbocycles. The average Bonchev–Trinajstić information content (AvgIpc) is 2.97. The van der Waals surface area contributed by atoms with Gasteiger partial charge in [-0.2, -0.15) is 0 Å². The third-order valence-electron chi connectivity index (χ3n) is 6.55. The van der Waals surface area contributed by atoms with Crippen molar-refractivity contribution in [3.63, 3.8) is 0 Å². The second-order valence-corrected chi connectivity index (χ2v) is 10.9. The lowest BCUT2D eigenvalue weighted by Crippen LogP contribution is -2.50. The van der Waals surface area contributed by atoms with Gasteiger partial charge in [0.2, 0.25) is 5.69 Å². The summed E-state index contributed by atoms with van der Waals surface area (Å²) in [6.45, 7) is 20.6. The second-order valence-electron chi connectivity index (χ2n) is 10.9. The molecule has 3 heterocycles. The topological polar surface area (TPSA) is 84.2 Å². The molecule has 10 heteroatoms. The molecule has 34 heavy (non-hydrogen) atoms. The molecular formula is C24H38BN4O5+. The summed E-state index contributed by atoms with van der Waals surface area (Å²) in [6, 6.07) is 1.83. The summed E-state index contributed by atoms with van der Waals surface area (Å²) < 4.78 is 19.0. The molecule has 9 nitrogen and oxygen atoms in total. The quantitative estimate of drug-likeness (QED) is 0.368. The molecule has 1 aromatic heterocycles. The Morgan fingerprint density at radius 2 is 1.71 bits per heavy atom. The highest BCUT2D eigenvalue weighted by Gasteiger charge is 2.52. The molecule has 2 amide bonds. The van der Waals surface area contributed by atoms with Gasteiger partial charge in [0.25, 0.3) is 0 Å². The lowest BCUT2D eigenvalue weighted by molar-refractivity contribution is -0.359. The number of ether oxygens (including phenoxy) is 1. The first-order chi connectivity index (χ1) is 15.7. The van der Waals surface area contributed by atoms with Crippen LogP contribution >= 0.6 is 0 Å².